The lowest BCUT2D eigenvalue weighted by Gasteiger charge is -2.29. The summed E-state index contributed by atoms with van der Waals surface area (Å²) >= 11 is 6.02. The molecular weight excluding hydrogens is 326 g/mol. The standard InChI is InChI=1S/C18H18ClN3O2/c19-13-1-2-17-12(7-13)3-6-22(18(17)24)15-8-14(9-20-10-15)21-5-4-16(23)11-21/h1-2,7-10,16,23H,3-6,11H2. The van der Waals surface area contributed by atoms with E-state index < -0.39 is 0 Å². The minimum Gasteiger partial charge on any atom is -0.391 e. The number of halogens is 1. The summed E-state index contributed by atoms with van der Waals surface area (Å²) in [6.07, 6.45) is 4.75. The van der Waals surface area contributed by atoms with E-state index in [1.165, 1.54) is 0 Å². The van der Waals surface area contributed by atoms with Gasteiger partial charge in [-0.3, -0.25) is 9.78 Å². The Bertz CT molecular complexity index is 796. The molecule has 5 nitrogen and oxygen atoms in total. The van der Waals surface area contributed by atoms with Gasteiger partial charge in [-0.25, -0.2) is 0 Å². The van der Waals surface area contributed by atoms with Gasteiger partial charge in [0.1, 0.15) is 0 Å². The largest absolute Gasteiger partial charge is 0.391 e. The highest BCUT2D eigenvalue weighted by atomic mass is 35.5. The highest BCUT2D eigenvalue weighted by Gasteiger charge is 2.27. The quantitative estimate of drug-likeness (QED) is 0.910. The maximum absolute atomic E-state index is 12.8. The van der Waals surface area contributed by atoms with Crippen molar-refractivity contribution < 1.29 is 9.90 Å². The molecule has 0 spiro atoms. The van der Waals surface area contributed by atoms with Gasteiger partial charge < -0.3 is 14.9 Å². The van der Waals surface area contributed by atoms with Crippen molar-refractivity contribution >= 4 is 28.9 Å². The minimum absolute atomic E-state index is 0.0201. The molecule has 1 amide bonds. The van der Waals surface area contributed by atoms with E-state index in [0.717, 1.165) is 36.3 Å². The van der Waals surface area contributed by atoms with Gasteiger partial charge in [-0.1, -0.05) is 11.6 Å². The van der Waals surface area contributed by atoms with E-state index in [9.17, 15) is 9.90 Å². The molecule has 1 N–H and O–H groups in total. The summed E-state index contributed by atoms with van der Waals surface area (Å²) in [6.45, 7) is 2.03. The third kappa shape index (κ3) is 2.74. The number of pyridine rings is 1. The summed E-state index contributed by atoms with van der Waals surface area (Å²) in [6, 6.07) is 7.39. The molecule has 1 aromatic carbocycles. The summed E-state index contributed by atoms with van der Waals surface area (Å²) in [5, 5.41) is 10.4. The van der Waals surface area contributed by atoms with Crippen LogP contribution in [0.4, 0.5) is 11.4 Å². The normalized spacial score (nSPS) is 20.4. The zero-order chi connectivity index (χ0) is 16.7. The number of benzene rings is 1. The Morgan fingerprint density at radius 1 is 1.17 bits per heavy atom. The summed E-state index contributed by atoms with van der Waals surface area (Å²) in [4.78, 5) is 21.0. The second-order valence-electron chi connectivity index (χ2n) is 6.30. The smallest absolute Gasteiger partial charge is 0.258 e. The van der Waals surface area contributed by atoms with E-state index in [1.807, 2.05) is 12.1 Å². The van der Waals surface area contributed by atoms with Crippen LogP contribution in [0.1, 0.15) is 22.3 Å². The number of aliphatic hydroxyl groups is 1. The lowest BCUT2D eigenvalue weighted by atomic mass is 9.99. The van der Waals surface area contributed by atoms with Crippen molar-refractivity contribution in [2.75, 3.05) is 29.4 Å². The molecule has 3 heterocycles. The van der Waals surface area contributed by atoms with Crippen molar-refractivity contribution in [3.63, 3.8) is 0 Å². The zero-order valence-corrected chi connectivity index (χ0v) is 13.9. The van der Waals surface area contributed by atoms with Crippen molar-refractivity contribution in [1.29, 1.82) is 0 Å². The molecule has 4 rings (SSSR count). The third-order valence-electron chi connectivity index (χ3n) is 4.70. The molecule has 1 aromatic heterocycles. The molecule has 0 bridgehead atoms. The Morgan fingerprint density at radius 3 is 2.79 bits per heavy atom. The number of anilines is 2. The number of carbonyl (C=O) groups excluding carboxylic acids is 1. The van der Waals surface area contributed by atoms with Crippen LogP contribution in [0.25, 0.3) is 0 Å². The van der Waals surface area contributed by atoms with E-state index in [2.05, 4.69) is 9.88 Å². The average Bonchev–Trinajstić information content (AvgIpc) is 3.02. The predicted octanol–water partition coefficient (Wildman–Crippen LogP) is 2.51. The second kappa shape index (κ2) is 6.07. The van der Waals surface area contributed by atoms with Crippen LogP contribution < -0.4 is 9.80 Å². The first-order valence-corrected chi connectivity index (χ1v) is 8.48. The molecule has 1 saturated heterocycles. The maximum Gasteiger partial charge on any atom is 0.258 e. The lowest BCUT2D eigenvalue weighted by Crippen LogP contribution is -2.37. The Morgan fingerprint density at radius 2 is 2.00 bits per heavy atom. The zero-order valence-electron chi connectivity index (χ0n) is 13.2. The van der Waals surface area contributed by atoms with Crippen LogP contribution in [0.5, 0.6) is 0 Å². The number of aromatic nitrogens is 1. The van der Waals surface area contributed by atoms with Gasteiger partial charge in [0.25, 0.3) is 5.91 Å². The number of fused-ring (bicyclic) bond motifs is 1. The molecule has 124 valence electrons. The average molecular weight is 344 g/mol. The van der Waals surface area contributed by atoms with Gasteiger partial charge in [0.05, 0.1) is 29.9 Å². The van der Waals surface area contributed by atoms with Gasteiger partial charge in [-0.2, -0.15) is 0 Å². The first-order chi connectivity index (χ1) is 11.6. The van der Waals surface area contributed by atoms with Gasteiger partial charge in [-0.05, 0) is 42.7 Å². The van der Waals surface area contributed by atoms with Crippen molar-refractivity contribution in [3.05, 3.63) is 52.8 Å². The molecule has 1 fully saturated rings. The number of amides is 1. The van der Waals surface area contributed by atoms with Crippen molar-refractivity contribution in [2.24, 2.45) is 0 Å². The number of hydrogen-bond donors (Lipinski definition) is 1. The highest BCUT2D eigenvalue weighted by molar-refractivity contribution is 6.30. The van der Waals surface area contributed by atoms with Gasteiger partial charge >= 0.3 is 0 Å². The molecule has 1 atom stereocenters. The van der Waals surface area contributed by atoms with Crippen LogP contribution in [0.2, 0.25) is 5.02 Å². The van der Waals surface area contributed by atoms with Crippen molar-refractivity contribution in [2.45, 2.75) is 18.9 Å². The van der Waals surface area contributed by atoms with Gasteiger partial charge in [0.2, 0.25) is 0 Å². The Balaban J connectivity index is 1.62. The fourth-order valence-electron chi connectivity index (χ4n) is 3.42. The van der Waals surface area contributed by atoms with Gasteiger partial charge in [0, 0.05) is 30.2 Å². The first kappa shape index (κ1) is 15.4. The molecule has 6 heteroatoms. The molecular formula is C18H18ClN3O2. The summed E-state index contributed by atoms with van der Waals surface area (Å²) in [5.41, 5.74) is 3.43. The molecule has 0 aliphatic carbocycles. The van der Waals surface area contributed by atoms with Crippen LogP contribution in [0.15, 0.2) is 36.7 Å². The van der Waals surface area contributed by atoms with Gasteiger partial charge in [-0.15, -0.1) is 0 Å². The number of rotatable bonds is 2. The SMILES string of the molecule is O=C1c2ccc(Cl)cc2CCN1c1cncc(N2CCC(O)C2)c1. The fraction of sp³-hybridized carbons (Fsp3) is 0.333. The monoisotopic (exact) mass is 343 g/mol. The number of hydrogen-bond acceptors (Lipinski definition) is 4. The van der Waals surface area contributed by atoms with Gasteiger partial charge in [0.15, 0.2) is 0 Å². The van der Waals surface area contributed by atoms with Crippen LogP contribution in [0.3, 0.4) is 0 Å². The van der Waals surface area contributed by atoms with Crippen LogP contribution in [-0.4, -0.2) is 41.7 Å². The van der Waals surface area contributed by atoms with E-state index in [-0.39, 0.29) is 12.0 Å². The molecule has 1 unspecified atom stereocenters. The number of β-amino-alcohol motifs (C(OH)–C–C–N with tert-alkyl or cyclic N) is 1. The van der Waals surface area contributed by atoms with Crippen LogP contribution in [0, 0.1) is 0 Å². The Kier molecular flexibility index (Phi) is 3.90. The predicted molar refractivity (Wildman–Crippen MR) is 93.9 cm³/mol. The fourth-order valence-corrected chi connectivity index (χ4v) is 3.61. The number of carbonyl (C=O) groups is 1. The van der Waals surface area contributed by atoms with E-state index >= 15 is 0 Å². The molecule has 2 aromatic rings. The molecule has 2 aliphatic rings. The molecule has 0 saturated carbocycles. The van der Waals surface area contributed by atoms with Crippen molar-refractivity contribution in [3.8, 4) is 0 Å². The van der Waals surface area contributed by atoms with E-state index in [1.54, 1.807) is 29.4 Å². The Hall–Kier alpha value is -2.11. The number of aliphatic hydroxyl groups excluding tert-OH is 1. The maximum atomic E-state index is 12.8. The third-order valence-corrected chi connectivity index (χ3v) is 4.93. The van der Waals surface area contributed by atoms with Crippen LogP contribution in [-0.2, 0) is 6.42 Å². The summed E-state index contributed by atoms with van der Waals surface area (Å²) in [5.74, 6) is -0.0201. The topological polar surface area (TPSA) is 56.7 Å². The first-order valence-electron chi connectivity index (χ1n) is 8.10. The lowest BCUT2D eigenvalue weighted by molar-refractivity contribution is 0.0980. The highest BCUT2D eigenvalue weighted by Crippen LogP contribution is 2.29. The van der Waals surface area contributed by atoms with E-state index in [0.29, 0.717) is 23.7 Å². The molecule has 24 heavy (non-hydrogen) atoms. The van der Waals surface area contributed by atoms with Crippen molar-refractivity contribution in [1.82, 2.24) is 4.98 Å². The number of nitrogens with zero attached hydrogens (tertiary/aromatic N) is 3. The van der Waals surface area contributed by atoms with Crippen LogP contribution >= 0.6 is 11.6 Å². The summed E-state index contributed by atoms with van der Waals surface area (Å²) < 4.78 is 0. The Labute approximate surface area is 145 Å². The summed E-state index contributed by atoms with van der Waals surface area (Å²) in [7, 11) is 0. The second-order valence-corrected chi connectivity index (χ2v) is 6.73. The molecule has 0 radical (unpaired) electrons. The molecule has 2 aliphatic heterocycles. The minimum atomic E-state index is -0.290. The van der Waals surface area contributed by atoms with E-state index in [4.69, 9.17) is 11.6 Å².